The van der Waals surface area contributed by atoms with Gasteiger partial charge >= 0.3 is 0 Å². The number of para-hydroxylation sites is 2. The van der Waals surface area contributed by atoms with Crippen molar-refractivity contribution in [3.8, 4) is 0 Å². The molecular formula is C19H22N4. The molecule has 1 aliphatic heterocycles. The quantitative estimate of drug-likeness (QED) is 0.743. The van der Waals surface area contributed by atoms with E-state index in [1.54, 1.807) is 0 Å². The number of nitrogens with zero attached hydrogens (tertiary/aromatic N) is 4. The summed E-state index contributed by atoms with van der Waals surface area (Å²) in [4.78, 5) is 9.74. The maximum Gasteiger partial charge on any atom is 0.206 e. The van der Waals surface area contributed by atoms with Crippen LogP contribution in [-0.4, -0.2) is 40.6 Å². The number of benzene rings is 2. The van der Waals surface area contributed by atoms with Crippen LogP contribution < -0.4 is 4.90 Å². The summed E-state index contributed by atoms with van der Waals surface area (Å²) >= 11 is 0. The Bertz CT molecular complexity index is 785. The first-order chi connectivity index (χ1) is 11.3. The first kappa shape index (κ1) is 14.3. The lowest BCUT2D eigenvalue weighted by Gasteiger charge is -2.35. The van der Waals surface area contributed by atoms with Crippen LogP contribution in [0.25, 0.3) is 11.0 Å². The van der Waals surface area contributed by atoms with Gasteiger partial charge in [0.15, 0.2) is 0 Å². The lowest BCUT2D eigenvalue weighted by Crippen LogP contribution is -2.46. The Morgan fingerprint density at radius 1 is 0.870 bits per heavy atom. The van der Waals surface area contributed by atoms with E-state index in [0.717, 1.165) is 44.2 Å². The van der Waals surface area contributed by atoms with Gasteiger partial charge in [-0.25, -0.2) is 4.98 Å². The lowest BCUT2D eigenvalue weighted by molar-refractivity contribution is 0.248. The molecule has 0 bridgehead atoms. The van der Waals surface area contributed by atoms with Crippen LogP contribution in [0.3, 0.4) is 0 Å². The van der Waals surface area contributed by atoms with Crippen molar-refractivity contribution in [2.24, 2.45) is 7.05 Å². The second kappa shape index (κ2) is 6.05. The molecule has 23 heavy (non-hydrogen) atoms. The molecule has 118 valence electrons. The largest absolute Gasteiger partial charge is 0.340 e. The van der Waals surface area contributed by atoms with E-state index in [9.17, 15) is 0 Å². The fraction of sp³-hybridized carbons (Fsp3) is 0.316. The molecule has 4 nitrogen and oxygen atoms in total. The molecule has 0 atom stereocenters. The van der Waals surface area contributed by atoms with E-state index in [1.807, 2.05) is 0 Å². The highest BCUT2D eigenvalue weighted by molar-refractivity contribution is 5.78. The molecule has 4 rings (SSSR count). The average molecular weight is 306 g/mol. The number of hydrogen-bond acceptors (Lipinski definition) is 3. The summed E-state index contributed by atoms with van der Waals surface area (Å²) < 4.78 is 2.21. The van der Waals surface area contributed by atoms with Gasteiger partial charge in [-0.15, -0.1) is 0 Å². The van der Waals surface area contributed by atoms with Gasteiger partial charge in [-0.1, -0.05) is 42.5 Å². The van der Waals surface area contributed by atoms with Crippen molar-refractivity contribution in [2.75, 3.05) is 31.1 Å². The molecule has 0 spiro atoms. The van der Waals surface area contributed by atoms with Gasteiger partial charge in [0.25, 0.3) is 0 Å². The summed E-state index contributed by atoms with van der Waals surface area (Å²) in [7, 11) is 2.11. The fourth-order valence-corrected chi connectivity index (χ4v) is 3.36. The Balaban J connectivity index is 1.45. The molecule has 3 aromatic rings. The second-order valence-corrected chi connectivity index (χ2v) is 6.21. The second-order valence-electron chi connectivity index (χ2n) is 6.21. The van der Waals surface area contributed by atoms with Crippen molar-refractivity contribution in [3.05, 3.63) is 60.2 Å². The van der Waals surface area contributed by atoms with Crippen LogP contribution in [0.2, 0.25) is 0 Å². The van der Waals surface area contributed by atoms with Gasteiger partial charge in [0.05, 0.1) is 11.0 Å². The molecule has 1 saturated heterocycles. The summed E-state index contributed by atoms with van der Waals surface area (Å²) in [6, 6.07) is 19.1. The van der Waals surface area contributed by atoms with E-state index in [2.05, 4.69) is 76.0 Å². The van der Waals surface area contributed by atoms with Crippen molar-refractivity contribution in [3.63, 3.8) is 0 Å². The van der Waals surface area contributed by atoms with Gasteiger partial charge in [0.1, 0.15) is 0 Å². The first-order valence-electron chi connectivity index (χ1n) is 8.24. The number of rotatable bonds is 3. The minimum atomic E-state index is 1.03. The lowest BCUT2D eigenvalue weighted by atomic mass is 10.2. The third kappa shape index (κ3) is 2.82. The third-order valence-corrected chi connectivity index (χ3v) is 4.67. The molecule has 1 aliphatic rings. The van der Waals surface area contributed by atoms with E-state index in [0.29, 0.717) is 0 Å². The Hall–Kier alpha value is -2.33. The van der Waals surface area contributed by atoms with Gasteiger partial charge in [-0.05, 0) is 17.7 Å². The number of anilines is 1. The highest BCUT2D eigenvalue weighted by atomic mass is 15.3. The van der Waals surface area contributed by atoms with Crippen LogP contribution in [-0.2, 0) is 13.6 Å². The maximum absolute atomic E-state index is 4.82. The van der Waals surface area contributed by atoms with Crippen LogP contribution in [0, 0.1) is 0 Å². The van der Waals surface area contributed by atoms with Crippen LogP contribution in [0.4, 0.5) is 5.95 Å². The minimum absolute atomic E-state index is 1.03. The zero-order valence-corrected chi connectivity index (χ0v) is 13.5. The molecule has 0 radical (unpaired) electrons. The minimum Gasteiger partial charge on any atom is -0.340 e. The number of fused-ring (bicyclic) bond motifs is 1. The van der Waals surface area contributed by atoms with Gasteiger partial charge < -0.3 is 9.47 Å². The highest BCUT2D eigenvalue weighted by Crippen LogP contribution is 2.22. The first-order valence-corrected chi connectivity index (χ1v) is 8.24. The fourth-order valence-electron chi connectivity index (χ4n) is 3.36. The Morgan fingerprint density at radius 2 is 1.57 bits per heavy atom. The summed E-state index contributed by atoms with van der Waals surface area (Å²) in [5, 5.41) is 0. The van der Waals surface area contributed by atoms with E-state index < -0.39 is 0 Å². The van der Waals surface area contributed by atoms with E-state index in [1.165, 1.54) is 11.1 Å². The van der Waals surface area contributed by atoms with Crippen LogP contribution in [0.5, 0.6) is 0 Å². The van der Waals surface area contributed by atoms with E-state index in [4.69, 9.17) is 4.98 Å². The predicted octanol–water partition coefficient (Wildman–Crippen LogP) is 2.90. The standard InChI is InChI=1S/C19H22N4/c1-21-18-10-6-5-9-17(18)20-19(21)23-13-11-22(12-14-23)15-16-7-3-2-4-8-16/h2-10H,11-15H2,1H3. The van der Waals surface area contributed by atoms with Crippen molar-refractivity contribution >= 4 is 17.0 Å². The molecule has 2 aromatic carbocycles. The number of hydrogen-bond donors (Lipinski definition) is 0. The number of imidazole rings is 1. The third-order valence-electron chi connectivity index (χ3n) is 4.67. The Morgan fingerprint density at radius 3 is 2.30 bits per heavy atom. The van der Waals surface area contributed by atoms with Gasteiger partial charge in [-0.2, -0.15) is 0 Å². The molecule has 0 saturated carbocycles. The molecule has 0 unspecified atom stereocenters. The van der Waals surface area contributed by atoms with Gasteiger partial charge in [0, 0.05) is 39.8 Å². The van der Waals surface area contributed by atoms with Gasteiger partial charge in [0.2, 0.25) is 5.95 Å². The molecule has 4 heteroatoms. The molecule has 0 N–H and O–H groups in total. The Labute approximate surface area is 137 Å². The van der Waals surface area contributed by atoms with E-state index >= 15 is 0 Å². The van der Waals surface area contributed by atoms with Crippen molar-refractivity contribution in [1.29, 1.82) is 0 Å². The molecular weight excluding hydrogens is 284 g/mol. The summed E-state index contributed by atoms with van der Waals surface area (Å²) in [5.41, 5.74) is 3.68. The van der Waals surface area contributed by atoms with Gasteiger partial charge in [-0.3, -0.25) is 4.90 Å². The van der Waals surface area contributed by atoms with Crippen LogP contribution in [0.15, 0.2) is 54.6 Å². The molecule has 1 fully saturated rings. The maximum atomic E-state index is 4.82. The molecule has 0 amide bonds. The zero-order chi connectivity index (χ0) is 15.6. The topological polar surface area (TPSA) is 24.3 Å². The highest BCUT2D eigenvalue weighted by Gasteiger charge is 2.21. The molecule has 0 aliphatic carbocycles. The monoisotopic (exact) mass is 306 g/mol. The predicted molar refractivity (Wildman–Crippen MR) is 94.6 cm³/mol. The number of aromatic nitrogens is 2. The molecule has 1 aromatic heterocycles. The van der Waals surface area contributed by atoms with Crippen LogP contribution >= 0.6 is 0 Å². The smallest absolute Gasteiger partial charge is 0.206 e. The normalized spacial score (nSPS) is 16.1. The summed E-state index contributed by atoms with van der Waals surface area (Å²) in [6.45, 7) is 5.27. The van der Waals surface area contributed by atoms with Crippen LogP contribution in [0.1, 0.15) is 5.56 Å². The van der Waals surface area contributed by atoms with Crippen molar-refractivity contribution in [2.45, 2.75) is 6.54 Å². The summed E-state index contributed by atoms with van der Waals surface area (Å²) in [5.74, 6) is 1.09. The number of aryl methyl sites for hydroxylation is 1. The van der Waals surface area contributed by atoms with Crippen molar-refractivity contribution < 1.29 is 0 Å². The van der Waals surface area contributed by atoms with Crippen molar-refractivity contribution in [1.82, 2.24) is 14.5 Å². The zero-order valence-electron chi connectivity index (χ0n) is 13.5. The summed E-state index contributed by atoms with van der Waals surface area (Å²) in [6.07, 6.45) is 0. The SMILES string of the molecule is Cn1c(N2CCN(Cc3ccccc3)CC2)nc2ccccc21. The average Bonchev–Trinajstić information content (AvgIpc) is 2.94. The number of piperazine rings is 1. The van der Waals surface area contributed by atoms with E-state index in [-0.39, 0.29) is 0 Å². The molecule has 2 heterocycles. The Kier molecular flexibility index (Phi) is 3.75.